The van der Waals surface area contributed by atoms with Crippen molar-refractivity contribution in [1.82, 2.24) is 25.1 Å². The van der Waals surface area contributed by atoms with E-state index in [0.29, 0.717) is 22.8 Å². The molecule has 0 saturated carbocycles. The van der Waals surface area contributed by atoms with Crippen LogP contribution in [0.5, 0.6) is 5.88 Å². The summed E-state index contributed by atoms with van der Waals surface area (Å²) in [5, 5.41) is 7.99. The number of nitrogens with one attached hydrogen (secondary N) is 1. The molecule has 0 spiro atoms. The summed E-state index contributed by atoms with van der Waals surface area (Å²) in [6.07, 6.45) is 3.14. The second-order valence-corrected chi connectivity index (χ2v) is 8.15. The lowest BCUT2D eigenvalue weighted by Crippen LogP contribution is -2.17. The number of ether oxygens (including phenoxy) is 1. The Kier molecular flexibility index (Phi) is 5.58. The molecule has 4 aromatic heterocycles. The molecular weight excluding hydrogens is 442 g/mol. The molecule has 0 fully saturated rings. The van der Waals surface area contributed by atoms with Gasteiger partial charge in [0, 0.05) is 23.2 Å². The molecule has 0 aliphatic carbocycles. The van der Waals surface area contributed by atoms with Crippen molar-refractivity contribution in [2.45, 2.75) is 20.0 Å². The molecular formula is C26H23N7O2. The van der Waals surface area contributed by atoms with Crippen molar-refractivity contribution >= 4 is 22.5 Å². The summed E-state index contributed by atoms with van der Waals surface area (Å²) in [6.45, 7) is 3.87. The average molecular weight is 466 g/mol. The fourth-order valence-electron chi connectivity index (χ4n) is 4.05. The summed E-state index contributed by atoms with van der Waals surface area (Å²) in [5.41, 5.74) is 17.3. The lowest BCUT2D eigenvalue weighted by molar-refractivity contribution is 0.0996. The molecule has 1 aromatic carbocycles. The molecule has 5 N–H and O–H groups in total. The summed E-state index contributed by atoms with van der Waals surface area (Å²) in [7, 11) is 0. The van der Waals surface area contributed by atoms with Gasteiger partial charge in [-0.05, 0) is 55.3 Å². The number of nitrogens with zero attached hydrogens (tertiary/aromatic N) is 4. The number of aromatic nitrogens is 5. The molecule has 9 heteroatoms. The largest absolute Gasteiger partial charge is 0.468 e. The minimum absolute atomic E-state index is 0.0210. The first-order valence-corrected chi connectivity index (χ1v) is 11.0. The van der Waals surface area contributed by atoms with Crippen LogP contribution >= 0.6 is 0 Å². The van der Waals surface area contributed by atoms with Crippen LogP contribution in [0.25, 0.3) is 33.4 Å². The van der Waals surface area contributed by atoms with E-state index in [4.69, 9.17) is 16.2 Å². The average Bonchev–Trinajstić information content (AvgIpc) is 3.34. The molecule has 174 valence electrons. The van der Waals surface area contributed by atoms with Gasteiger partial charge in [-0.25, -0.2) is 9.97 Å². The lowest BCUT2D eigenvalue weighted by atomic mass is 9.94. The molecule has 0 aliphatic rings. The van der Waals surface area contributed by atoms with Crippen LogP contribution < -0.4 is 16.2 Å². The molecule has 35 heavy (non-hydrogen) atoms. The Morgan fingerprint density at radius 2 is 1.91 bits per heavy atom. The molecule has 1 atom stereocenters. The number of anilines is 1. The highest BCUT2D eigenvalue weighted by Crippen LogP contribution is 2.38. The Bertz CT molecular complexity index is 1550. The van der Waals surface area contributed by atoms with Gasteiger partial charge < -0.3 is 16.2 Å². The number of primary amides is 1. The number of hydrogen-bond donors (Lipinski definition) is 3. The summed E-state index contributed by atoms with van der Waals surface area (Å²) in [4.78, 5) is 25.7. The van der Waals surface area contributed by atoms with Crippen LogP contribution in [0.15, 0.2) is 67.0 Å². The third kappa shape index (κ3) is 4.15. The molecule has 0 bridgehead atoms. The van der Waals surface area contributed by atoms with Crippen LogP contribution in [0.1, 0.15) is 34.8 Å². The number of pyridine rings is 3. The first-order chi connectivity index (χ1) is 16.9. The lowest BCUT2D eigenvalue weighted by Gasteiger charge is -2.16. The molecule has 5 rings (SSSR count). The Morgan fingerprint density at radius 3 is 2.69 bits per heavy atom. The van der Waals surface area contributed by atoms with Crippen LogP contribution in [0.3, 0.4) is 0 Å². The zero-order valence-corrected chi connectivity index (χ0v) is 19.2. The van der Waals surface area contributed by atoms with Crippen LogP contribution in [0.4, 0.5) is 5.69 Å². The smallest absolute Gasteiger partial charge is 0.269 e. The number of carbonyl (C=O) groups excluding carboxylic acids is 1. The van der Waals surface area contributed by atoms with Gasteiger partial charge in [0.1, 0.15) is 6.10 Å². The summed E-state index contributed by atoms with van der Waals surface area (Å²) in [6, 6.07) is 16.7. The molecule has 5 aromatic rings. The molecule has 0 aliphatic heterocycles. The molecule has 0 radical (unpaired) electrons. The highest BCUT2D eigenvalue weighted by Gasteiger charge is 2.20. The van der Waals surface area contributed by atoms with Crippen molar-refractivity contribution in [2.24, 2.45) is 5.73 Å². The van der Waals surface area contributed by atoms with E-state index >= 15 is 0 Å². The fourth-order valence-corrected chi connectivity index (χ4v) is 4.05. The molecule has 9 nitrogen and oxygen atoms in total. The van der Waals surface area contributed by atoms with E-state index in [-0.39, 0.29) is 17.5 Å². The number of benzene rings is 1. The van der Waals surface area contributed by atoms with E-state index in [1.807, 2.05) is 56.3 Å². The Morgan fingerprint density at radius 1 is 1.06 bits per heavy atom. The fraction of sp³-hybridized carbons (Fsp3) is 0.115. The van der Waals surface area contributed by atoms with E-state index in [1.165, 1.54) is 0 Å². The first-order valence-electron chi connectivity index (χ1n) is 11.0. The minimum atomic E-state index is -0.723. The quantitative estimate of drug-likeness (QED) is 0.340. The van der Waals surface area contributed by atoms with Crippen molar-refractivity contribution in [3.63, 3.8) is 0 Å². The number of aromatic amines is 1. The van der Waals surface area contributed by atoms with E-state index in [9.17, 15) is 4.79 Å². The third-order valence-corrected chi connectivity index (χ3v) is 5.78. The van der Waals surface area contributed by atoms with Gasteiger partial charge in [0.25, 0.3) is 5.91 Å². The van der Waals surface area contributed by atoms with E-state index in [1.54, 1.807) is 24.5 Å². The van der Waals surface area contributed by atoms with Gasteiger partial charge in [-0.15, -0.1) is 0 Å². The number of aryl methyl sites for hydroxylation is 1. The van der Waals surface area contributed by atoms with Gasteiger partial charge in [-0.2, -0.15) is 5.10 Å². The number of nitrogen functional groups attached to an aromatic ring is 1. The Balaban J connectivity index is 1.62. The number of nitrogens with two attached hydrogens (primary N) is 2. The van der Waals surface area contributed by atoms with Crippen molar-refractivity contribution in [3.8, 4) is 28.4 Å². The molecule has 1 amide bonds. The molecule has 0 saturated heterocycles. The van der Waals surface area contributed by atoms with Crippen molar-refractivity contribution in [1.29, 1.82) is 0 Å². The number of carbonyl (C=O) groups is 1. The maximum atomic E-state index is 12.3. The predicted molar refractivity (Wildman–Crippen MR) is 134 cm³/mol. The van der Waals surface area contributed by atoms with Gasteiger partial charge in [0.05, 0.1) is 34.5 Å². The van der Waals surface area contributed by atoms with Crippen LogP contribution in [-0.2, 0) is 0 Å². The zero-order valence-electron chi connectivity index (χ0n) is 19.2. The van der Waals surface area contributed by atoms with Gasteiger partial charge in [0.2, 0.25) is 5.88 Å². The number of hydrogen-bond acceptors (Lipinski definition) is 7. The predicted octanol–water partition coefficient (Wildman–Crippen LogP) is 4.21. The van der Waals surface area contributed by atoms with Gasteiger partial charge in [-0.3, -0.25) is 14.9 Å². The highest BCUT2D eigenvalue weighted by molar-refractivity contribution is 6.05. The number of amides is 1. The number of H-pyrrole nitrogens is 1. The third-order valence-electron chi connectivity index (χ3n) is 5.78. The number of fused-ring (bicyclic) bond motifs is 1. The topological polar surface area (TPSA) is 146 Å². The highest BCUT2D eigenvalue weighted by atomic mass is 16.5. The van der Waals surface area contributed by atoms with Crippen molar-refractivity contribution in [2.75, 3.05) is 5.73 Å². The SMILES string of the molecule is Cc1ccc2[nH]ncc2c1-c1cc(-c2cccc(OC(C)c3ccccn3)n2)nc(C(N)=O)c1N. The van der Waals surface area contributed by atoms with Gasteiger partial charge >= 0.3 is 0 Å². The van der Waals surface area contributed by atoms with Crippen LogP contribution in [-0.4, -0.2) is 31.1 Å². The van der Waals surface area contributed by atoms with Crippen molar-refractivity contribution in [3.05, 3.63) is 83.9 Å². The van der Waals surface area contributed by atoms with Gasteiger partial charge in [0.15, 0.2) is 5.69 Å². The molecule has 1 unspecified atom stereocenters. The van der Waals surface area contributed by atoms with Crippen LogP contribution in [0.2, 0.25) is 0 Å². The maximum Gasteiger partial charge on any atom is 0.269 e. The Hall–Kier alpha value is -4.79. The normalized spacial score (nSPS) is 11.9. The maximum absolute atomic E-state index is 12.3. The zero-order chi connectivity index (χ0) is 24.5. The monoisotopic (exact) mass is 465 g/mol. The van der Waals surface area contributed by atoms with Crippen molar-refractivity contribution < 1.29 is 9.53 Å². The molecule has 4 heterocycles. The second-order valence-electron chi connectivity index (χ2n) is 8.15. The number of rotatable bonds is 6. The van der Waals surface area contributed by atoms with E-state index in [2.05, 4.69) is 25.1 Å². The van der Waals surface area contributed by atoms with Gasteiger partial charge in [-0.1, -0.05) is 18.2 Å². The van der Waals surface area contributed by atoms with E-state index < -0.39 is 5.91 Å². The first kappa shape index (κ1) is 22.0. The minimum Gasteiger partial charge on any atom is -0.468 e. The van der Waals surface area contributed by atoms with Crippen LogP contribution in [0, 0.1) is 6.92 Å². The second kappa shape index (κ2) is 8.86. The Labute approximate surface area is 201 Å². The van der Waals surface area contributed by atoms with E-state index in [0.717, 1.165) is 27.7 Å². The summed E-state index contributed by atoms with van der Waals surface area (Å²) >= 11 is 0. The summed E-state index contributed by atoms with van der Waals surface area (Å²) in [5.74, 6) is -0.326. The standard InChI is InChI=1S/C26H23N7O2/c1-14-9-10-19-17(13-30-33-19)23(14)16-12-21(32-25(24(16)27)26(28)34)20-7-5-8-22(31-20)35-15(2)18-6-3-4-11-29-18/h3-13,15H,27H2,1-2H3,(H2,28,34)(H,30,33). The summed E-state index contributed by atoms with van der Waals surface area (Å²) < 4.78 is 6.02.